The molecule has 1 heteroatoms. The van der Waals surface area contributed by atoms with Crippen LogP contribution in [0.2, 0.25) is 0 Å². The lowest BCUT2D eigenvalue weighted by atomic mass is 10.3. The molecule has 0 heterocycles. The zero-order chi connectivity index (χ0) is 10.9. The van der Waals surface area contributed by atoms with Crippen LogP contribution in [0.4, 0.5) is 0 Å². The molecule has 1 nitrogen and oxygen atoms in total. The quantitative estimate of drug-likeness (QED) is 0.654. The van der Waals surface area contributed by atoms with E-state index in [0.717, 1.165) is 11.5 Å². The Hall–Kier alpha value is -2.02. The highest BCUT2D eigenvalue weighted by Gasteiger charge is 1.92. The van der Waals surface area contributed by atoms with Crippen LogP contribution >= 0.6 is 0 Å². The van der Waals surface area contributed by atoms with Gasteiger partial charge in [0, 0.05) is 0 Å². The minimum Gasteiger partial charge on any atom is -0.457 e. The van der Waals surface area contributed by atoms with Gasteiger partial charge in [0.05, 0.1) is 0 Å². The van der Waals surface area contributed by atoms with Crippen molar-refractivity contribution in [3.8, 4) is 11.5 Å². The van der Waals surface area contributed by atoms with Crippen LogP contribution in [-0.4, -0.2) is 0 Å². The molecule has 76 valence electrons. The molecule has 0 saturated carbocycles. The van der Waals surface area contributed by atoms with Crippen LogP contribution in [-0.2, 0) is 0 Å². The highest BCUT2D eigenvalue weighted by molar-refractivity contribution is 5.30. The summed E-state index contributed by atoms with van der Waals surface area (Å²) >= 11 is 0. The second-order valence-corrected chi connectivity index (χ2v) is 2.73. The Kier molecular flexibility index (Phi) is 4.74. The Morgan fingerprint density at radius 3 is 1.27 bits per heavy atom. The van der Waals surface area contributed by atoms with Gasteiger partial charge in [0.2, 0.25) is 0 Å². The van der Waals surface area contributed by atoms with Gasteiger partial charge in [-0.1, -0.05) is 36.4 Å². The SMILES string of the molecule is C=C.c1ccc(Oc2ccccc2)cc1. The Morgan fingerprint density at radius 1 is 0.600 bits per heavy atom. The van der Waals surface area contributed by atoms with E-state index in [1.54, 1.807) is 0 Å². The minimum atomic E-state index is 0.869. The lowest BCUT2D eigenvalue weighted by molar-refractivity contribution is 0.482. The summed E-state index contributed by atoms with van der Waals surface area (Å²) < 4.78 is 5.58. The van der Waals surface area contributed by atoms with E-state index in [9.17, 15) is 0 Å². The van der Waals surface area contributed by atoms with Crippen LogP contribution in [0.3, 0.4) is 0 Å². The molecule has 0 atom stereocenters. The highest BCUT2D eigenvalue weighted by atomic mass is 16.5. The third-order valence-electron chi connectivity index (χ3n) is 1.72. The van der Waals surface area contributed by atoms with Crippen molar-refractivity contribution in [3.05, 3.63) is 73.8 Å². The highest BCUT2D eigenvalue weighted by Crippen LogP contribution is 2.19. The smallest absolute Gasteiger partial charge is 0.127 e. The van der Waals surface area contributed by atoms with Crippen molar-refractivity contribution in [2.75, 3.05) is 0 Å². The van der Waals surface area contributed by atoms with Crippen molar-refractivity contribution < 1.29 is 4.74 Å². The summed E-state index contributed by atoms with van der Waals surface area (Å²) in [6.45, 7) is 6.00. The van der Waals surface area contributed by atoms with Gasteiger partial charge in [0.1, 0.15) is 11.5 Å². The molecular formula is C14H14O. The van der Waals surface area contributed by atoms with E-state index in [0.29, 0.717) is 0 Å². The topological polar surface area (TPSA) is 9.23 Å². The molecule has 0 aliphatic rings. The van der Waals surface area contributed by atoms with E-state index in [4.69, 9.17) is 4.74 Å². The third kappa shape index (κ3) is 3.69. The predicted octanol–water partition coefficient (Wildman–Crippen LogP) is 4.28. The Morgan fingerprint density at radius 2 is 0.933 bits per heavy atom. The summed E-state index contributed by atoms with van der Waals surface area (Å²) in [6.07, 6.45) is 0. The van der Waals surface area contributed by atoms with Gasteiger partial charge in [-0.3, -0.25) is 0 Å². The molecule has 0 N–H and O–H groups in total. The molecule has 0 aliphatic carbocycles. The summed E-state index contributed by atoms with van der Waals surface area (Å²) in [5.74, 6) is 1.74. The van der Waals surface area contributed by atoms with Crippen molar-refractivity contribution >= 4 is 0 Å². The summed E-state index contributed by atoms with van der Waals surface area (Å²) in [5.41, 5.74) is 0. The number of hydrogen-bond acceptors (Lipinski definition) is 1. The van der Waals surface area contributed by atoms with Crippen LogP contribution in [0.15, 0.2) is 73.8 Å². The lowest BCUT2D eigenvalue weighted by Gasteiger charge is -2.03. The molecule has 0 amide bonds. The van der Waals surface area contributed by atoms with Crippen LogP contribution in [0.5, 0.6) is 11.5 Å². The van der Waals surface area contributed by atoms with E-state index in [-0.39, 0.29) is 0 Å². The lowest BCUT2D eigenvalue weighted by Crippen LogP contribution is -1.81. The molecule has 2 aromatic carbocycles. The first-order chi connectivity index (χ1) is 7.45. The average molecular weight is 198 g/mol. The fourth-order valence-electron chi connectivity index (χ4n) is 1.11. The zero-order valence-corrected chi connectivity index (χ0v) is 8.60. The van der Waals surface area contributed by atoms with Crippen molar-refractivity contribution in [1.29, 1.82) is 0 Å². The molecule has 0 radical (unpaired) electrons. The van der Waals surface area contributed by atoms with Gasteiger partial charge in [0.15, 0.2) is 0 Å². The molecule has 0 spiro atoms. The van der Waals surface area contributed by atoms with Crippen LogP contribution in [0.25, 0.3) is 0 Å². The van der Waals surface area contributed by atoms with E-state index >= 15 is 0 Å². The summed E-state index contributed by atoms with van der Waals surface area (Å²) in [7, 11) is 0. The van der Waals surface area contributed by atoms with Crippen molar-refractivity contribution in [2.24, 2.45) is 0 Å². The Labute approximate surface area is 90.6 Å². The van der Waals surface area contributed by atoms with Crippen molar-refractivity contribution in [3.63, 3.8) is 0 Å². The van der Waals surface area contributed by atoms with Gasteiger partial charge in [-0.05, 0) is 24.3 Å². The summed E-state index contributed by atoms with van der Waals surface area (Å²) in [4.78, 5) is 0. The van der Waals surface area contributed by atoms with E-state index in [1.165, 1.54) is 0 Å². The summed E-state index contributed by atoms with van der Waals surface area (Å²) in [5, 5.41) is 0. The molecule has 0 aliphatic heterocycles. The standard InChI is InChI=1S/C12H10O.C2H4/c1-3-7-11(8-4-1)13-12-9-5-2-6-10-12;1-2/h1-10H;1-2H2. The number of benzene rings is 2. The first kappa shape index (κ1) is 11.1. The molecule has 0 saturated heterocycles. The van der Waals surface area contributed by atoms with E-state index in [2.05, 4.69) is 13.2 Å². The van der Waals surface area contributed by atoms with Crippen molar-refractivity contribution in [1.82, 2.24) is 0 Å². The van der Waals surface area contributed by atoms with Gasteiger partial charge in [-0.25, -0.2) is 0 Å². The van der Waals surface area contributed by atoms with E-state index < -0.39 is 0 Å². The van der Waals surface area contributed by atoms with Crippen LogP contribution in [0, 0.1) is 0 Å². The van der Waals surface area contributed by atoms with Crippen LogP contribution < -0.4 is 4.74 Å². The first-order valence-electron chi connectivity index (χ1n) is 4.73. The average Bonchev–Trinajstić information content (AvgIpc) is 2.34. The number of rotatable bonds is 2. The van der Waals surface area contributed by atoms with Gasteiger partial charge in [0.25, 0.3) is 0 Å². The largest absolute Gasteiger partial charge is 0.457 e. The molecule has 0 aromatic heterocycles. The predicted molar refractivity (Wildman–Crippen MR) is 64.2 cm³/mol. The number of hydrogen-bond donors (Lipinski definition) is 0. The normalized spacial score (nSPS) is 8.53. The van der Waals surface area contributed by atoms with Gasteiger partial charge < -0.3 is 4.74 Å². The molecule has 15 heavy (non-hydrogen) atoms. The molecule has 0 bridgehead atoms. The minimum absolute atomic E-state index is 0.869. The third-order valence-corrected chi connectivity index (χ3v) is 1.72. The maximum absolute atomic E-state index is 5.58. The van der Waals surface area contributed by atoms with E-state index in [1.807, 2.05) is 60.7 Å². The second kappa shape index (κ2) is 6.44. The Bertz CT molecular complexity index is 330. The summed E-state index contributed by atoms with van der Waals surface area (Å²) in [6, 6.07) is 19.5. The monoisotopic (exact) mass is 198 g/mol. The molecular weight excluding hydrogens is 184 g/mol. The Balaban J connectivity index is 0.000000531. The van der Waals surface area contributed by atoms with Crippen LogP contribution in [0.1, 0.15) is 0 Å². The maximum atomic E-state index is 5.58. The molecule has 2 aromatic rings. The fourth-order valence-corrected chi connectivity index (χ4v) is 1.11. The maximum Gasteiger partial charge on any atom is 0.127 e. The second-order valence-electron chi connectivity index (χ2n) is 2.73. The molecule has 0 fully saturated rings. The number of ether oxygens (including phenoxy) is 1. The zero-order valence-electron chi connectivity index (χ0n) is 8.60. The first-order valence-corrected chi connectivity index (χ1v) is 4.73. The fraction of sp³-hybridized carbons (Fsp3) is 0. The van der Waals surface area contributed by atoms with Crippen molar-refractivity contribution in [2.45, 2.75) is 0 Å². The van der Waals surface area contributed by atoms with Gasteiger partial charge in [-0.15, -0.1) is 13.2 Å². The number of para-hydroxylation sites is 2. The van der Waals surface area contributed by atoms with Gasteiger partial charge in [-0.2, -0.15) is 0 Å². The van der Waals surface area contributed by atoms with Gasteiger partial charge >= 0.3 is 0 Å². The molecule has 2 rings (SSSR count). The molecule has 0 unspecified atom stereocenters.